The van der Waals surface area contributed by atoms with Crippen molar-refractivity contribution >= 4 is 11.6 Å². The van der Waals surface area contributed by atoms with Crippen molar-refractivity contribution in [3.05, 3.63) is 29.8 Å². The highest BCUT2D eigenvalue weighted by Crippen LogP contribution is 2.43. The lowest BCUT2D eigenvalue weighted by molar-refractivity contribution is -0.139. The molecule has 4 heteroatoms. The van der Waals surface area contributed by atoms with E-state index in [0.717, 1.165) is 64.6 Å². The van der Waals surface area contributed by atoms with E-state index >= 15 is 0 Å². The van der Waals surface area contributed by atoms with E-state index in [2.05, 4.69) is 41.0 Å². The molecule has 136 valence electrons. The summed E-state index contributed by atoms with van der Waals surface area (Å²) in [7, 11) is 0. The summed E-state index contributed by atoms with van der Waals surface area (Å²) in [5.41, 5.74) is 2.40. The number of aryl methyl sites for hydroxylation is 1. The summed E-state index contributed by atoms with van der Waals surface area (Å²) < 4.78 is 0. The number of hydrogen-bond acceptors (Lipinski definition) is 3. The zero-order chi connectivity index (χ0) is 17.4. The summed E-state index contributed by atoms with van der Waals surface area (Å²) >= 11 is 0. The van der Waals surface area contributed by atoms with E-state index in [-0.39, 0.29) is 11.5 Å². The van der Waals surface area contributed by atoms with Crippen molar-refractivity contribution in [2.24, 2.45) is 5.41 Å². The lowest BCUT2D eigenvalue weighted by Gasteiger charge is -2.42. The number of para-hydroxylation sites is 1. The Bertz CT molecular complexity index is 639. The third kappa shape index (κ3) is 3.05. The molecule has 1 N–H and O–H groups in total. The minimum absolute atomic E-state index is 0.158. The second-order valence-corrected chi connectivity index (χ2v) is 8.30. The van der Waals surface area contributed by atoms with Crippen LogP contribution in [-0.2, 0) is 4.79 Å². The van der Waals surface area contributed by atoms with E-state index in [1.165, 1.54) is 11.3 Å². The molecule has 0 aromatic heterocycles. The van der Waals surface area contributed by atoms with Gasteiger partial charge in [0.25, 0.3) is 0 Å². The predicted octanol–water partition coefficient (Wildman–Crippen LogP) is 3.12. The number of carbonyl (C=O) groups excluding carboxylic acids is 1. The summed E-state index contributed by atoms with van der Waals surface area (Å²) in [5, 5.41) is 9.75. The summed E-state index contributed by atoms with van der Waals surface area (Å²) in [4.78, 5) is 18.0. The Morgan fingerprint density at radius 1 is 1.08 bits per heavy atom. The highest BCUT2D eigenvalue weighted by molar-refractivity contribution is 5.86. The molecule has 1 spiro atoms. The van der Waals surface area contributed by atoms with Crippen molar-refractivity contribution in [2.75, 3.05) is 24.5 Å². The van der Waals surface area contributed by atoms with Crippen LogP contribution in [0.3, 0.4) is 0 Å². The van der Waals surface area contributed by atoms with E-state index in [9.17, 15) is 9.90 Å². The zero-order valence-electron chi connectivity index (χ0n) is 15.3. The smallest absolute Gasteiger partial charge is 0.230 e. The number of nitrogens with zero attached hydrogens (tertiary/aromatic N) is 2. The van der Waals surface area contributed by atoms with Crippen LogP contribution in [0.15, 0.2) is 24.3 Å². The number of rotatable bonds is 2. The van der Waals surface area contributed by atoms with Crippen LogP contribution in [0.2, 0.25) is 0 Å². The average molecular weight is 342 g/mol. The van der Waals surface area contributed by atoms with Gasteiger partial charge in [-0.2, -0.15) is 0 Å². The van der Waals surface area contributed by atoms with Crippen LogP contribution in [0.4, 0.5) is 5.69 Å². The number of anilines is 1. The minimum atomic E-state index is -0.184. The number of piperidine rings is 1. The molecule has 3 fully saturated rings. The van der Waals surface area contributed by atoms with Gasteiger partial charge in [-0.3, -0.25) is 4.79 Å². The molecule has 2 heterocycles. The first-order valence-electron chi connectivity index (χ1n) is 9.89. The Morgan fingerprint density at radius 2 is 1.84 bits per heavy atom. The Kier molecular flexibility index (Phi) is 4.48. The van der Waals surface area contributed by atoms with Crippen molar-refractivity contribution in [1.29, 1.82) is 0 Å². The average Bonchev–Trinajstić information content (AvgIpc) is 2.92. The number of hydrogen-bond donors (Lipinski definition) is 1. The molecule has 1 atom stereocenters. The lowest BCUT2D eigenvalue weighted by Crippen LogP contribution is -2.50. The van der Waals surface area contributed by atoms with Gasteiger partial charge in [0.15, 0.2) is 0 Å². The standard InChI is InChI=1S/C21H30N2O2/c1-16-5-2-3-6-19(16)22-13-4-11-21(15-22)12-14-23(20(21)25)17-7-9-18(24)10-8-17/h2-3,5-6,17-18,24H,4,7-15H2,1H3/t17?,18?,21-/m1/s1. The summed E-state index contributed by atoms with van der Waals surface area (Å²) in [5.74, 6) is 0.382. The first kappa shape index (κ1) is 16.9. The molecule has 4 nitrogen and oxygen atoms in total. The van der Waals surface area contributed by atoms with Gasteiger partial charge in [0.05, 0.1) is 11.5 Å². The van der Waals surface area contributed by atoms with E-state index in [0.29, 0.717) is 11.9 Å². The van der Waals surface area contributed by atoms with Gasteiger partial charge in [-0.1, -0.05) is 18.2 Å². The van der Waals surface area contributed by atoms with Crippen LogP contribution in [0.1, 0.15) is 50.5 Å². The normalized spacial score (nSPS) is 33.3. The molecule has 0 radical (unpaired) electrons. The molecule has 3 aliphatic rings. The van der Waals surface area contributed by atoms with Crippen LogP contribution in [-0.4, -0.2) is 47.7 Å². The molecule has 4 rings (SSSR count). The summed E-state index contributed by atoms with van der Waals surface area (Å²) in [6.07, 6.45) is 6.57. The fourth-order valence-corrected chi connectivity index (χ4v) is 5.20. The second kappa shape index (κ2) is 6.64. The maximum atomic E-state index is 13.4. The van der Waals surface area contributed by atoms with E-state index < -0.39 is 0 Å². The number of benzene rings is 1. The second-order valence-electron chi connectivity index (χ2n) is 8.30. The highest BCUT2D eigenvalue weighted by Gasteiger charge is 2.50. The van der Waals surface area contributed by atoms with Crippen molar-refractivity contribution in [1.82, 2.24) is 4.90 Å². The van der Waals surface area contributed by atoms with Gasteiger partial charge in [0, 0.05) is 31.4 Å². The van der Waals surface area contributed by atoms with Crippen molar-refractivity contribution in [3.8, 4) is 0 Å². The number of amides is 1. The zero-order valence-corrected chi connectivity index (χ0v) is 15.3. The van der Waals surface area contributed by atoms with Crippen molar-refractivity contribution < 1.29 is 9.90 Å². The van der Waals surface area contributed by atoms with Gasteiger partial charge in [0.2, 0.25) is 5.91 Å². The van der Waals surface area contributed by atoms with Crippen molar-refractivity contribution in [2.45, 2.75) is 64.0 Å². The Balaban J connectivity index is 1.50. The third-order valence-corrected chi connectivity index (χ3v) is 6.69. The molecule has 1 saturated carbocycles. The van der Waals surface area contributed by atoms with E-state index in [1.54, 1.807) is 0 Å². The molecule has 1 aromatic carbocycles. The molecule has 1 aliphatic carbocycles. The fraction of sp³-hybridized carbons (Fsp3) is 0.667. The molecule has 1 amide bonds. The largest absolute Gasteiger partial charge is 0.393 e. The molecular formula is C21H30N2O2. The Morgan fingerprint density at radius 3 is 2.60 bits per heavy atom. The fourth-order valence-electron chi connectivity index (χ4n) is 5.20. The maximum Gasteiger partial charge on any atom is 0.230 e. The molecule has 1 aromatic rings. The quantitative estimate of drug-likeness (QED) is 0.898. The molecule has 2 aliphatic heterocycles. The molecule has 2 saturated heterocycles. The first-order chi connectivity index (χ1) is 12.1. The van der Waals surface area contributed by atoms with Crippen molar-refractivity contribution in [3.63, 3.8) is 0 Å². The molecule has 25 heavy (non-hydrogen) atoms. The Labute approximate surface area is 150 Å². The monoisotopic (exact) mass is 342 g/mol. The first-order valence-corrected chi connectivity index (χ1v) is 9.89. The number of likely N-dealkylation sites (tertiary alicyclic amines) is 1. The van der Waals surface area contributed by atoms with Crippen LogP contribution in [0.25, 0.3) is 0 Å². The van der Waals surface area contributed by atoms with Crippen LogP contribution in [0, 0.1) is 12.3 Å². The minimum Gasteiger partial charge on any atom is -0.393 e. The van der Waals surface area contributed by atoms with Crippen LogP contribution >= 0.6 is 0 Å². The van der Waals surface area contributed by atoms with Gasteiger partial charge >= 0.3 is 0 Å². The highest BCUT2D eigenvalue weighted by atomic mass is 16.3. The molecule has 0 unspecified atom stereocenters. The van der Waals surface area contributed by atoms with Crippen LogP contribution < -0.4 is 4.90 Å². The maximum absolute atomic E-state index is 13.4. The summed E-state index contributed by atoms with van der Waals surface area (Å²) in [6.45, 7) is 4.98. The molecule has 0 bridgehead atoms. The van der Waals surface area contributed by atoms with Gasteiger partial charge in [-0.15, -0.1) is 0 Å². The van der Waals surface area contributed by atoms with Gasteiger partial charge in [-0.05, 0) is 63.5 Å². The van der Waals surface area contributed by atoms with Gasteiger partial charge in [-0.25, -0.2) is 0 Å². The number of aliphatic hydroxyl groups excluding tert-OH is 1. The van der Waals surface area contributed by atoms with Gasteiger partial charge < -0.3 is 14.9 Å². The number of carbonyl (C=O) groups is 1. The Hall–Kier alpha value is -1.55. The SMILES string of the molecule is Cc1ccccc1N1CCC[C@@]2(CCN(C3CCC(O)CC3)C2=O)C1. The van der Waals surface area contributed by atoms with Gasteiger partial charge in [0.1, 0.15) is 0 Å². The van der Waals surface area contributed by atoms with E-state index in [4.69, 9.17) is 0 Å². The third-order valence-electron chi connectivity index (χ3n) is 6.69. The predicted molar refractivity (Wildman–Crippen MR) is 99.7 cm³/mol. The lowest BCUT2D eigenvalue weighted by atomic mass is 9.78. The van der Waals surface area contributed by atoms with E-state index in [1.807, 2.05) is 0 Å². The van der Waals surface area contributed by atoms with Crippen LogP contribution in [0.5, 0.6) is 0 Å². The summed E-state index contributed by atoms with van der Waals surface area (Å²) in [6, 6.07) is 8.88. The topological polar surface area (TPSA) is 43.8 Å². The molecular weight excluding hydrogens is 312 g/mol. The number of aliphatic hydroxyl groups is 1.